The van der Waals surface area contributed by atoms with E-state index in [0.717, 1.165) is 22.0 Å². The van der Waals surface area contributed by atoms with Crippen LogP contribution in [0, 0.1) is 11.3 Å². The number of oxime groups is 1. The normalized spacial score (nSPS) is 10.9. The summed E-state index contributed by atoms with van der Waals surface area (Å²) in [7, 11) is 1.97. The minimum Gasteiger partial charge on any atom is -0.391 e. The highest BCUT2D eigenvalue weighted by Gasteiger charge is 2.05. The Morgan fingerprint density at radius 2 is 2.05 bits per heavy atom. The fourth-order valence-corrected chi connectivity index (χ4v) is 2.38. The summed E-state index contributed by atoms with van der Waals surface area (Å²) < 4.78 is 2.01. The van der Waals surface area contributed by atoms with E-state index in [0.29, 0.717) is 12.2 Å². The van der Waals surface area contributed by atoms with E-state index < -0.39 is 0 Å². The largest absolute Gasteiger partial charge is 0.391 e. The third-order valence-corrected chi connectivity index (χ3v) is 3.49. The Labute approximate surface area is 128 Å². The molecule has 0 aliphatic heterocycles. The van der Waals surface area contributed by atoms with Crippen LogP contribution in [0.1, 0.15) is 16.7 Å². The molecule has 0 spiro atoms. The highest BCUT2D eigenvalue weighted by Crippen LogP contribution is 2.20. The van der Waals surface area contributed by atoms with Gasteiger partial charge in [0.15, 0.2) is 0 Å². The van der Waals surface area contributed by atoms with Gasteiger partial charge in [-0.05, 0) is 23.8 Å². The van der Waals surface area contributed by atoms with E-state index >= 15 is 0 Å². The van der Waals surface area contributed by atoms with Gasteiger partial charge in [0, 0.05) is 29.7 Å². The number of rotatable bonds is 4. The number of nitrogens with zero attached hydrogens (tertiary/aromatic N) is 3. The second-order valence-electron chi connectivity index (χ2n) is 5.03. The van der Waals surface area contributed by atoms with Gasteiger partial charge in [0.2, 0.25) is 0 Å². The van der Waals surface area contributed by atoms with Crippen molar-refractivity contribution < 1.29 is 4.84 Å². The van der Waals surface area contributed by atoms with Crippen molar-refractivity contribution in [1.29, 1.82) is 5.26 Å². The van der Waals surface area contributed by atoms with Crippen LogP contribution >= 0.6 is 0 Å². The molecule has 4 nitrogen and oxygen atoms in total. The number of benzene rings is 2. The molecule has 0 atom stereocenters. The second kappa shape index (κ2) is 6.15. The molecule has 0 saturated carbocycles. The average Bonchev–Trinajstić information content (AvgIpc) is 2.88. The molecule has 1 heterocycles. The first kappa shape index (κ1) is 13.9. The Kier molecular flexibility index (Phi) is 3.88. The zero-order valence-electron chi connectivity index (χ0n) is 12.2. The predicted molar refractivity (Wildman–Crippen MR) is 86.5 cm³/mol. The fourth-order valence-electron chi connectivity index (χ4n) is 2.38. The number of hydrogen-bond acceptors (Lipinski definition) is 3. The molecule has 1 aromatic heterocycles. The SMILES string of the molecule is Cn1cc(/C=N/OCc2ccccc2)c2cc(C#N)ccc21. The molecule has 0 saturated heterocycles. The van der Waals surface area contributed by atoms with Gasteiger partial charge in [-0.1, -0.05) is 35.5 Å². The zero-order valence-corrected chi connectivity index (χ0v) is 12.2. The Bertz CT molecular complexity index is 857. The Morgan fingerprint density at radius 3 is 2.82 bits per heavy atom. The van der Waals surface area contributed by atoms with Crippen LogP contribution in [-0.2, 0) is 18.5 Å². The van der Waals surface area contributed by atoms with Crippen LogP contribution in [0.5, 0.6) is 0 Å². The van der Waals surface area contributed by atoms with Crippen LogP contribution in [0.2, 0.25) is 0 Å². The Hall–Kier alpha value is -3.06. The van der Waals surface area contributed by atoms with Crippen molar-refractivity contribution in [2.75, 3.05) is 0 Å². The summed E-state index contributed by atoms with van der Waals surface area (Å²) >= 11 is 0. The van der Waals surface area contributed by atoms with Crippen molar-refractivity contribution in [3.05, 3.63) is 71.4 Å². The molecule has 0 fully saturated rings. The van der Waals surface area contributed by atoms with Crippen LogP contribution < -0.4 is 0 Å². The highest BCUT2D eigenvalue weighted by molar-refractivity contribution is 5.99. The van der Waals surface area contributed by atoms with E-state index in [4.69, 9.17) is 10.1 Å². The maximum Gasteiger partial charge on any atom is 0.142 e. The molecule has 2 aromatic carbocycles. The van der Waals surface area contributed by atoms with Gasteiger partial charge in [0.05, 0.1) is 17.8 Å². The lowest BCUT2D eigenvalue weighted by Crippen LogP contribution is -1.87. The lowest BCUT2D eigenvalue weighted by molar-refractivity contribution is 0.132. The van der Waals surface area contributed by atoms with Gasteiger partial charge in [-0.3, -0.25) is 0 Å². The molecule has 0 N–H and O–H groups in total. The third kappa shape index (κ3) is 2.84. The number of hydrogen-bond donors (Lipinski definition) is 0. The molecule has 108 valence electrons. The number of aryl methyl sites for hydroxylation is 1. The van der Waals surface area contributed by atoms with E-state index in [-0.39, 0.29) is 0 Å². The topological polar surface area (TPSA) is 50.3 Å². The smallest absolute Gasteiger partial charge is 0.142 e. The summed E-state index contributed by atoms with van der Waals surface area (Å²) in [6.07, 6.45) is 3.66. The summed E-state index contributed by atoms with van der Waals surface area (Å²) in [6, 6.07) is 17.7. The lowest BCUT2D eigenvalue weighted by Gasteiger charge is -1.98. The van der Waals surface area contributed by atoms with Gasteiger partial charge in [-0.2, -0.15) is 5.26 Å². The molecule has 3 rings (SSSR count). The number of nitriles is 1. The molecule has 4 heteroatoms. The van der Waals surface area contributed by atoms with Crippen molar-refractivity contribution in [2.24, 2.45) is 12.2 Å². The zero-order chi connectivity index (χ0) is 15.4. The van der Waals surface area contributed by atoms with Gasteiger partial charge in [-0.15, -0.1) is 0 Å². The predicted octanol–water partition coefficient (Wildman–Crippen LogP) is 3.60. The van der Waals surface area contributed by atoms with E-state index in [1.807, 2.05) is 66.3 Å². The molecule has 0 unspecified atom stereocenters. The second-order valence-corrected chi connectivity index (χ2v) is 5.03. The summed E-state index contributed by atoms with van der Waals surface area (Å²) in [4.78, 5) is 5.33. The van der Waals surface area contributed by atoms with Crippen molar-refractivity contribution in [2.45, 2.75) is 6.61 Å². The first-order valence-electron chi connectivity index (χ1n) is 6.96. The monoisotopic (exact) mass is 289 g/mol. The molecule has 3 aromatic rings. The summed E-state index contributed by atoms with van der Waals surface area (Å²) in [5.41, 5.74) is 3.70. The molecular weight excluding hydrogens is 274 g/mol. The molecule has 0 aliphatic rings. The number of fused-ring (bicyclic) bond motifs is 1. The molecule has 0 bridgehead atoms. The Balaban J connectivity index is 1.78. The van der Waals surface area contributed by atoms with Gasteiger partial charge < -0.3 is 9.40 Å². The van der Waals surface area contributed by atoms with Crippen molar-refractivity contribution in [3.8, 4) is 6.07 Å². The summed E-state index contributed by atoms with van der Waals surface area (Å²) in [5, 5.41) is 14.0. The average molecular weight is 289 g/mol. The quantitative estimate of drug-likeness (QED) is 0.544. The highest BCUT2D eigenvalue weighted by atomic mass is 16.6. The van der Waals surface area contributed by atoms with Crippen molar-refractivity contribution in [3.63, 3.8) is 0 Å². The van der Waals surface area contributed by atoms with E-state index in [1.165, 1.54) is 0 Å². The molecule has 0 aliphatic carbocycles. The first-order valence-corrected chi connectivity index (χ1v) is 6.96. The molecule has 0 radical (unpaired) electrons. The van der Waals surface area contributed by atoms with Gasteiger partial charge in [0.25, 0.3) is 0 Å². The summed E-state index contributed by atoms with van der Waals surface area (Å²) in [6.45, 7) is 0.436. The fraction of sp³-hybridized carbons (Fsp3) is 0.111. The standard InChI is InChI=1S/C18H15N3O/c1-21-12-16(17-9-15(10-19)7-8-18(17)21)11-20-22-13-14-5-3-2-4-6-14/h2-9,11-12H,13H2,1H3/b20-11+. The first-order chi connectivity index (χ1) is 10.8. The van der Waals surface area contributed by atoms with Gasteiger partial charge in [0.1, 0.15) is 6.61 Å². The van der Waals surface area contributed by atoms with Crippen LogP contribution in [0.3, 0.4) is 0 Å². The minimum absolute atomic E-state index is 0.436. The summed E-state index contributed by atoms with van der Waals surface area (Å²) in [5.74, 6) is 0. The minimum atomic E-state index is 0.436. The maximum absolute atomic E-state index is 9.02. The molecule has 22 heavy (non-hydrogen) atoms. The van der Waals surface area contributed by atoms with Crippen LogP contribution in [0.25, 0.3) is 10.9 Å². The third-order valence-electron chi connectivity index (χ3n) is 3.49. The van der Waals surface area contributed by atoms with E-state index in [9.17, 15) is 0 Å². The van der Waals surface area contributed by atoms with Crippen molar-refractivity contribution in [1.82, 2.24) is 4.57 Å². The van der Waals surface area contributed by atoms with Crippen LogP contribution in [-0.4, -0.2) is 10.8 Å². The Morgan fingerprint density at radius 1 is 1.23 bits per heavy atom. The molecular formula is C18H15N3O. The van der Waals surface area contributed by atoms with Gasteiger partial charge in [-0.25, -0.2) is 0 Å². The van der Waals surface area contributed by atoms with Gasteiger partial charge >= 0.3 is 0 Å². The lowest BCUT2D eigenvalue weighted by atomic mass is 10.1. The van der Waals surface area contributed by atoms with Crippen LogP contribution in [0.4, 0.5) is 0 Å². The van der Waals surface area contributed by atoms with E-state index in [1.54, 1.807) is 6.21 Å². The van der Waals surface area contributed by atoms with E-state index in [2.05, 4.69) is 11.2 Å². The number of aromatic nitrogens is 1. The molecule has 0 amide bonds. The maximum atomic E-state index is 9.02. The van der Waals surface area contributed by atoms with Crippen LogP contribution in [0.15, 0.2) is 59.9 Å². The van der Waals surface area contributed by atoms with Crippen molar-refractivity contribution >= 4 is 17.1 Å².